The molecule has 3 aromatic rings. The lowest BCUT2D eigenvalue weighted by Gasteiger charge is -2.11. The summed E-state index contributed by atoms with van der Waals surface area (Å²) >= 11 is 1.71. The smallest absolute Gasteiger partial charge is 0.163 e. The zero-order valence-corrected chi connectivity index (χ0v) is 17.8. The zero-order chi connectivity index (χ0) is 20.7. The molecule has 0 radical (unpaired) electrons. The van der Waals surface area contributed by atoms with E-state index in [1.165, 1.54) is 10.4 Å². The third-order valence-electron chi connectivity index (χ3n) is 5.25. The quantitative estimate of drug-likeness (QED) is 0.611. The molecule has 2 aromatic heterocycles. The number of hydrogen-bond acceptors (Lipinski definition) is 5. The van der Waals surface area contributed by atoms with Crippen LogP contribution in [0, 0.1) is 33.1 Å². The molecule has 0 unspecified atom stereocenters. The fourth-order valence-corrected chi connectivity index (χ4v) is 4.91. The molecule has 5 nitrogen and oxygen atoms in total. The average Bonchev–Trinajstić information content (AvgIpc) is 3.15. The van der Waals surface area contributed by atoms with Crippen molar-refractivity contribution in [3.8, 4) is 17.3 Å². The molecule has 1 aromatic carbocycles. The molecule has 0 spiro atoms. The maximum absolute atomic E-state index is 12.0. The standard InChI is InChI=1S/C23H22N4OS/c1-6-7-17-8-10-18(11-9-17)21-20-14(3)15(4)29-23(20)27-16(5)25-26-22(27)19(24-21)12-13(2)28/h1,8-11,19H,7,12H2,2-5H3/t19-/m0/s1. The topological polar surface area (TPSA) is 60.1 Å². The predicted molar refractivity (Wildman–Crippen MR) is 116 cm³/mol. The summed E-state index contributed by atoms with van der Waals surface area (Å²) < 4.78 is 2.07. The van der Waals surface area contributed by atoms with Gasteiger partial charge < -0.3 is 0 Å². The average molecular weight is 403 g/mol. The summed E-state index contributed by atoms with van der Waals surface area (Å²) in [5, 5.41) is 9.74. The molecule has 0 N–H and O–H groups in total. The normalized spacial score (nSPS) is 15.1. The Bertz CT molecular complexity index is 1170. The number of ketones is 1. The highest BCUT2D eigenvalue weighted by Gasteiger charge is 2.31. The molecule has 0 fully saturated rings. The first kappa shape index (κ1) is 19.3. The number of fused-ring (bicyclic) bond motifs is 3. The maximum Gasteiger partial charge on any atom is 0.163 e. The van der Waals surface area contributed by atoms with Gasteiger partial charge in [0, 0.05) is 28.8 Å². The summed E-state index contributed by atoms with van der Waals surface area (Å²) in [5.41, 5.74) is 5.28. The van der Waals surface area contributed by atoms with E-state index in [9.17, 15) is 4.79 Å². The Balaban J connectivity index is 1.97. The van der Waals surface area contributed by atoms with Crippen LogP contribution in [0.2, 0.25) is 0 Å². The number of carbonyl (C=O) groups excluding carboxylic acids is 1. The molecule has 1 aliphatic heterocycles. The van der Waals surface area contributed by atoms with E-state index in [1.807, 2.05) is 19.1 Å². The number of Topliss-reactive ketones (excluding diaryl/α,β-unsaturated/α-hetero) is 1. The first-order valence-corrected chi connectivity index (χ1v) is 10.3. The Kier molecular flexibility index (Phi) is 4.93. The second-order valence-corrected chi connectivity index (χ2v) is 8.58. The van der Waals surface area contributed by atoms with Gasteiger partial charge in [-0.1, -0.05) is 24.3 Å². The number of thiophene rings is 1. The highest BCUT2D eigenvalue weighted by atomic mass is 32.1. The second kappa shape index (κ2) is 7.41. The van der Waals surface area contributed by atoms with Crippen molar-refractivity contribution >= 4 is 22.8 Å². The first-order valence-electron chi connectivity index (χ1n) is 9.53. The third-order valence-corrected chi connectivity index (χ3v) is 6.45. The zero-order valence-electron chi connectivity index (χ0n) is 17.0. The lowest BCUT2D eigenvalue weighted by Crippen LogP contribution is -2.09. The Morgan fingerprint density at radius 1 is 1.21 bits per heavy atom. The van der Waals surface area contributed by atoms with Gasteiger partial charge in [-0.3, -0.25) is 14.4 Å². The number of terminal acetylenes is 1. The molecule has 0 aliphatic carbocycles. The van der Waals surface area contributed by atoms with Crippen molar-refractivity contribution in [3.63, 3.8) is 0 Å². The number of aryl methyl sites for hydroxylation is 2. The summed E-state index contributed by atoms with van der Waals surface area (Å²) in [6.45, 7) is 7.77. The van der Waals surface area contributed by atoms with Gasteiger partial charge in [0.2, 0.25) is 0 Å². The van der Waals surface area contributed by atoms with Crippen molar-refractivity contribution in [3.05, 3.63) is 63.0 Å². The van der Waals surface area contributed by atoms with Gasteiger partial charge in [0.15, 0.2) is 5.82 Å². The minimum Gasteiger partial charge on any atom is -0.300 e. The Morgan fingerprint density at radius 3 is 2.59 bits per heavy atom. The Labute approximate surface area is 174 Å². The highest BCUT2D eigenvalue weighted by Crippen LogP contribution is 2.39. The van der Waals surface area contributed by atoms with E-state index in [1.54, 1.807) is 18.3 Å². The van der Waals surface area contributed by atoms with Crippen LogP contribution in [0.4, 0.5) is 0 Å². The van der Waals surface area contributed by atoms with Gasteiger partial charge in [-0.15, -0.1) is 33.9 Å². The summed E-state index contributed by atoms with van der Waals surface area (Å²) in [6, 6.07) is 7.84. The van der Waals surface area contributed by atoms with E-state index >= 15 is 0 Å². The molecule has 0 amide bonds. The molecule has 29 heavy (non-hydrogen) atoms. The van der Waals surface area contributed by atoms with Crippen LogP contribution in [0.3, 0.4) is 0 Å². The van der Waals surface area contributed by atoms with E-state index in [0.717, 1.165) is 39.1 Å². The number of aliphatic imine (C=N–C) groups is 1. The predicted octanol–water partition coefficient (Wildman–Crippen LogP) is 4.30. The number of carbonyl (C=O) groups is 1. The van der Waals surface area contributed by atoms with Gasteiger partial charge >= 0.3 is 0 Å². The van der Waals surface area contributed by atoms with Crippen LogP contribution >= 0.6 is 11.3 Å². The molecule has 0 saturated heterocycles. The molecule has 3 heterocycles. The lowest BCUT2D eigenvalue weighted by atomic mass is 9.98. The Hall–Kier alpha value is -3.04. The van der Waals surface area contributed by atoms with Crippen molar-refractivity contribution < 1.29 is 4.79 Å². The van der Waals surface area contributed by atoms with Crippen LogP contribution in [0.5, 0.6) is 0 Å². The van der Waals surface area contributed by atoms with Gasteiger partial charge in [0.25, 0.3) is 0 Å². The van der Waals surface area contributed by atoms with Gasteiger partial charge in [-0.05, 0) is 38.8 Å². The maximum atomic E-state index is 12.0. The third kappa shape index (κ3) is 3.32. The number of hydrogen-bond donors (Lipinski definition) is 0. The molecule has 4 rings (SSSR count). The largest absolute Gasteiger partial charge is 0.300 e. The molecule has 1 aliphatic rings. The van der Waals surface area contributed by atoms with Crippen molar-refractivity contribution in [2.24, 2.45) is 4.99 Å². The van der Waals surface area contributed by atoms with Crippen LogP contribution in [-0.2, 0) is 11.2 Å². The first-order chi connectivity index (χ1) is 13.9. The van der Waals surface area contributed by atoms with Crippen LogP contribution in [0.1, 0.15) is 58.2 Å². The van der Waals surface area contributed by atoms with Crippen LogP contribution < -0.4 is 0 Å². The minimum atomic E-state index is -0.367. The fourth-order valence-electron chi connectivity index (χ4n) is 3.70. The van der Waals surface area contributed by atoms with Crippen molar-refractivity contribution in [1.29, 1.82) is 0 Å². The monoisotopic (exact) mass is 402 g/mol. The van der Waals surface area contributed by atoms with Crippen LogP contribution in [0.25, 0.3) is 5.00 Å². The Morgan fingerprint density at radius 2 is 1.93 bits per heavy atom. The van der Waals surface area contributed by atoms with E-state index in [-0.39, 0.29) is 11.8 Å². The highest BCUT2D eigenvalue weighted by molar-refractivity contribution is 7.15. The number of nitrogens with zero attached hydrogens (tertiary/aromatic N) is 4. The summed E-state index contributed by atoms with van der Waals surface area (Å²) in [5.74, 6) is 4.28. The van der Waals surface area contributed by atoms with E-state index in [4.69, 9.17) is 11.4 Å². The minimum absolute atomic E-state index is 0.0767. The number of rotatable bonds is 4. The van der Waals surface area contributed by atoms with Crippen molar-refractivity contribution in [2.45, 2.75) is 46.6 Å². The summed E-state index contributed by atoms with van der Waals surface area (Å²) in [4.78, 5) is 18.3. The van der Waals surface area contributed by atoms with Crippen LogP contribution in [-0.4, -0.2) is 26.3 Å². The molecule has 6 heteroatoms. The van der Waals surface area contributed by atoms with E-state index in [0.29, 0.717) is 12.8 Å². The SMILES string of the molecule is C#CCc1ccc(C2=N[C@@H](CC(C)=O)c3nnc(C)n3-c3sc(C)c(C)c32)cc1. The lowest BCUT2D eigenvalue weighted by molar-refractivity contribution is -0.117. The molecule has 1 atom stereocenters. The molecule has 0 saturated carbocycles. The van der Waals surface area contributed by atoms with Crippen molar-refractivity contribution in [2.75, 3.05) is 0 Å². The summed E-state index contributed by atoms with van der Waals surface area (Å²) in [7, 11) is 0. The van der Waals surface area contributed by atoms with E-state index < -0.39 is 0 Å². The van der Waals surface area contributed by atoms with Crippen LogP contribution in [0.15, 0.2) is 29.3 Å². The molecule has 146 valence electrons. The number of benzene rings is 1. The second-order valence-electron chi connectivity index (χ2n) is 7.38. The molecular weight excluding hydrogens is 380 g/mol. The van der Waals surface area contributed by atoms with Gasteiger partial charge in [-0.25, -0.2) is 0 Å². The summed E-state index contributed by atoms with van der Waals surface area (Å²) in [6.07, 6.45) is 6.34. The number of aromatic nitrogens is 3. The molecular formula is C23H22N4OS. The van der Waals surface area contributed by atoms with E-state index in [2.05, 4.69) is 46.7 Å². The van der Waals surface area contributed by atoms with Crippen molar-refractivity contribution in [1.82, 2.24) is 14.8 Å². The molecule has 0 bridgehead atoms. The van der Waals surface area contributed by atoms with Gasteiger partial charge in [0.05, 0.1) is 5.71 Å². The van der Waals surface area contributed by atoms with Gasteiger partial charge in [0.1, 0.15) is 22.7 Å². The fraction of sp³-hybridized carbons (Fsp3) is 0.304. The van der Waals surface area contributed by atoms with Gasteiger partial charge in [-0.2, -0.15) is 0 Å².